The fourth-order valence-electron chi connectivity index (χ4n) is 3.35. The van der Waals surface area contributed by atoms with Gasteiger partial charge in [0.15, 0.2) is 0 Å². The first-order chi connectivity index (χ1) is 12.5. The highest BCUT2D eigenvalue weighted by Crippen LogP contribution is 2.32. The van der Waals surface area contributed by atoms with E-state index in [-0.39, 0.29) is 0 Å². The quantitative estimate of drug-likeness (QED) is 0.538. The summed E-state index contributed by atoms with van der Waals surface area (Å²) in [4.78, 5) is 5.95. The third-order valence-corrected chi connectivity index (χ3v) is 6.09. The average molecular weight is 387 g/mol. The van der Waals surface area contributed by atoms with Gasteiger partial charge in [0.05, 0.1) is 0 Å². The van der Waals surface area contributed by atoms with Gasteiger partial charge < -0.3 is 9.88 Å². The number of aromatic amines is 1. The Labute approximate surface area is 165 Å². The molecule has 3 rings (SSSR count). The van der Waals surface area contributed by atoms with E-state index in [2.05, 4.69) is 62.1 Å². The third kappa shape index (κ3) is 4.46. The highest BCUT2D eigenvalue weighted by atomic mass is 35.5. The number of H-pyrrole nitrogens is 1. The Morgan fingerprint density at radius 2 is 1.85 bits per heavy atom. The zero-order valence-electron chi connectivity index (χ0n) is 16.0. The molecule has 0 saturated carbocycles. The molecule has 0 amide bonds. The van der Waals surface area contributed by atoms with Gasteiger partial charge in [-0.05, 0) is 56.8 Å². The number of halogens is 1. The van der Waals surface area contributed by atoms with Gasteiger partial charge in [0, 0.05) is 46.1 Å². The lowest BCUT2D eigenvalue weighted by Crippen LogP contribution is -2.15. The minimum absolute atomic E-state index is 0.860. The molecule has 0 spiro atoms. The summed E-state index contributed by atoms with van der Waals surface area (Å²) in [5.74, 6) is 1.93. The monoisotopic (exact) mass is 386 g/mol. The van der Waals surface area contributed by atoms with Gasteiger partial charge in [-0.3, -0.25) is 0 Å². The van der Waals surface area contributed by atoms with E-state index in [1.54, 1.807) is 0 Å². The van der Waals surface area contributed by atoms with Crippen LogP contribution in [0.1, 0.15) is 27.9 Å². The predicted molar refractivity (Wildman–Crippen MR) is 116 cm³/mol. The fraction of sp³-hybridized carbons (Fsp3) is 0.364. The second-order valence-corrected chi connectivity index (χ2v) is 8.62. The van der Waals surface area contributed by atoms with E-state index in [0.717, 1.165) is 29.5 Å². The van der Waals surface area contributed by atoms with Crippen LogP contribution < -0.4 is 0 Å². The van der Waals surface area contributed by atoms with Gasteiger partial charge in [-0.15, -0.1) is 0 Å². The number of nitrogens with one attached hydrogen (secondary N) is 1. The number of likely N-dealkylation sites (N-methyl/N-ethyl adjacent to an activating group) is 1. The van der Waals surface area contributed by atoms with Crippen molar-refractivity contribution in [3.8, 4) is 0 Å². The zero-order chi connectivity index (χ0) is 18.7. The van der Waals surface area contributed by atoms with Crippen molar-refractivity contribution in [1.82, 2.24) is 9.88 Å². The lowest BCUT2D eigenvalue weighted by molar-refractivity contribution is 0.412. The Bertz CT molecular complexity index is 899. The Kier molecular flexibility index (Phi) is 6.33. The molecule has 1 N–H and O–H groups in total. The predicted octanol–water partition coefficient (Wildman–Crippen LogP) is 5.98. The summed E-state index contributed by atoms with van der Waals surface area (Å²) in [6.45, 7) is 5.43. The first-order valence-corrected chi connectivity index (χ1v) is 10.6. The molecule has 4 heteroatoms. The van der Waals surface area contributed by atoms with Gasteiger partial charge in [0.2, 0.25) is 0 Å². The summed E-state index contributed by atoms with van der Waals surface area (Å²) in [5, 5.41) is 2.24. The van der Waals surface area contributed by atoms with Crippen molar-refractivity contribution in [1.29, 1.82) is 0 Å². The van der Waals surface area contributed by atoms with Crippen LogP contribution >= 0.6 is 23.4 Å². The largest absolute Gasteiger partial charge is 0.358 e. The Balaban J connectivity index is 1.86. The Hall–Kier alpha value is -1.42. The van der Waals surface area contributed by atoms with Crippen molar-refractivity contribution < 1.29 is 0 Å². The lowest BCUT2D eigenvalue weighted by Gasteiger charge is -2.10. The molecule has 138 valence electrons. The van der Waals surface area contributed by atoms with E-state index in [0.29, 0.717) is 0 Å². The number of hydrogen-bond acceptors (Lipinski definition) is 2. The second kappa shape index (κ2) is 8.51. The van der Waals surface area contributed by atoms with Crippen molar-refractivity contribution in [2.75, 3.05) is 20.6 Å². The number of aryl methyl sites for hydroxylation is 2. The molecule has 0 fully saturated rings. The molecule has 2 nitrogen and oxygen atoms in total. The number of aromatic nitrogens is 1. The van der Waals surface area contributed by atoms with E-state index >= 15 is 0 Å². The summed E-state index contributed by atoms with van der Waals surface area (Å²) >= 11 is 8.25. The van der Waals surface area contributed by atoms with Crippen LogP contribution in [-0.2, 0) is 17.9 Å². The molecule has 1 heterocycles. The first kappa shape index (κ1) is 19.3. The number of benzene rings is 2. The van der Waals surface area contributed by atoms with Gasteiger partial charge in [0.25, 0.3) is 0 Å². The standard InChI is InChI=1S/C22H27ClN2S/c1-15-11-16(2)22-18(12-15)19(21(24-22)9-10-25(3)4)14-26-13-17-7-5-6-8-20(17)23/h5-8,11-12,24H,9-10,13-14H2,1-4H3. The molecule has 2 aromatic carbocycles. The molecule has 3 aromatic rings. The van der Waals surface area contributed by atoms with Crippen molar-refractivity contribution in [2.24, 2.45) is 0 Å². The third-order valence-electron chi connectivity index (χ3n) is 4.72. The number of nitrogens with zero attached hydrogens (tertiary/aromatic N) is 1. The highest BCUT2D eigenvalue weighted by Gasteiger charge is 2.14. The SMILES string of the molecule is Cc1cc(C)c2[nH]c(CCN(C)C)c(CSCc3ccccc3Cl)c2c1. The van der Waals surface area contributed by atoms with Gasteiger partial charge in [0.1, 0.15) is 0 Å². The molecule has 0 bridgehead atoms. The van der Waals surface area contributed by atoms with Crippen LogP contribution in [0.4, 0.5) is 0 Å². The molecule has 1 aromatic heterocycles. The Morgan fingerprint density at radius 1 is 1.08 bits per heavy atom. The molecule has 0 atom stereocenters. The maximum absolute atomic E-state index is 6.31. The summed E-state index contributed by atoms with van der Waals surface area (Å²) in [6, 6.07) is 12.7. The Morgan fingerprint density at radius 3 is 2.58 bits per heavy atom. The minimum Gasteiger partial charge on any atom is -0.358 e. The lowest BCUT2D eigenvalue weighted by atomic mass is 10.0. The van der Waals surface area contributed by atoms with Gasteiger partial charge in [-0.2, -0.15) is 11.8 Å². The van der Waals surface area contributed by atoms with Crippen molar-refractivity contribution in [3.63, 3.8) is 0 Å². The highest BCUT2D eigenvalue weighted by molar-refractivity contribution is 7.97. The normalized spacial score (nSPS) is 11.6. The number of hydrogen-bond donors (Lipinski definition) is 1. The first-order valence-electron chi connectivity index (χ1n) is 9.02. The van der Waals surface area contributed by atoms with Crippen molar-refractivity contribution >= 4 is 34.3 Å². The number of rotatable bonds is 7. The van der Waals surface area contributed by atoms with Crippen LogP contribution in [0, 0.1) is 13.8 Å². The summed E-state index contributed by atoms with van der Waals surface area (Å²) in [5.41, 5.74) is 7.97. The van der Waals surface area contributed by atoms with E-state index in [4.69, 9.17) is 11.6 Å². The van der Waals surface area contributed by atoms with Crippen LogP contribution in [0.2, 0.25) is 5.02 Å². The average Bonchev–Trinajstić information content (AvgIpc) is 2.93. The molecule has 0 aliphatic heterocycles. The van der Waals surface area contributed by atoms with Crippen LogP contribution in [0.5, 0.6) is 0 Å². The topological polar surface area (TPSA) is 19.0 Å². The van der Waals surface area contributed by atoms with E-state index in [1.165, 1.54) is 38.9 Å². The van der Waals surface area contributed by atoms with Gasteiger partial charge in [-0.25, -0.2) is 0 Å². The molecule has 0 aliphatic carbocycles. The maximum Gasteiger partial charge on any atom is 0.0489 e. The summed E-state index contributed by atoms with van der Waals surface area (Å²) < 4.78 is 0. The van der Waals surface area contributed by atoms with E-state index in [1.807, 2.05) is 23.9 Å². The van der Waals surface area contributed by atoms with Gasteiger partial charge in [-0.1, -0.05) is 41.4 Å². The molecule has 0 unspecified atom stereocenters. The van der Waals surface area contributed by atoms with Crippen LogP contribution in [-0.4, -0.2) is 30.5 Å². The van der Waals surface area contributed by atoms with E-state index < -0.39 is 0 Å². The summed E-state index contributed by atoms with van der Waals surface area (Å²) in [6.07, 6.45) is 1.04. The molecule has 26 heavy (non-hydrogen) atoms. The number of thioether (sulfide) groups is 1. The minimum atomic E-state index is 0.860. The smallest absolute Gasteiger partial charge is 0.0489 e. The molecule has 0 aliphatic rings. The molecular weight excluding hydrogens is 360 g/mol. The molecule has 0 radical (unpaired) electrons. The van der Waals surface area contributed by atoms with Crippen molar-refractivity contribution in [3.05, 3.63) is 69.4 Å². The summed E-state index contributed by atoms with van der Waals surface area (Å²) in [7, 11) is 4.26. The van der Waals surface area contributed by atoms with E-state index in [9.17, 15) is 0 Å². The van der Waals surface area contributed by atoms with Crippen LogP contribution in [0.3, 0.4) is 0 Å². The van der Waals surface area contributed by atoms with Crippen LogP contribution in [0.15, 0.2) is 36.4 Å². The van der Waals surface area contributed by atoms with Crippen molar-refractivity contribution in [2.45, 2.75) is 31.8 Å². The number of fused-ring (bicyclic) bond motifs is 1. The maximum atomic E-state index is 6.31. The fourth-order valence-corrected chi connectivity index (χ4v) is 4.74. The molecular formula is C22H27ClN2S. The zero-order valence-corrected chi connectivity index (χ0v) is 17.6. The molecule has 0 saturated heterocycles. The second-order valence-electron chi connectivity index (χ2n) is 7.22. The van der Waals surface area contributed by atoms with Gasteiger partial charge >= 0.3 is 0 Å². The van der Waals surface area contributed by atoms with Crippen LogP contribution in [0.25, 0.3) is 10.9 Å².